The molecule has 2 aromatic rings. The third-order valence-electron chi connectivity index (χ3n) is 3.46. The summed E-state index contributed by atoms with van der Waals surface area (Å²) in [5.74, 6) is 1.21. The topological polar surface area (TPSA) is 59.6 Å². The fourth-order valence-electron chi connectivity index (χ4n) is 2.26. The van der Waals surface area contributed by atoms with Crippen LogP contribution in [0, 0.1) is 6.92 Å². The fraction of sp³-hybridized carbons (Fsp3) is 0.278. The summed E-state index contributed by atoms with van der Waals surface area (Å²) in [6, 6.07) is 10.9. The molecule has 0 bridgehead atoms. The average molecular weight is 349 g/mol. The Morgan fingerprint density at radius 1 is 1.04 bits per heavy atom. The van der Waals surface area contributed by atoms with Crippen molar-refractivity contribution in [1.82, 2.24) is 0 Å². The van der Waals surface area contributed by atoms with E-state index in [4.69, 9.17) is 21.1 Å². The number of anilines is 2. The van der Waals surface area contributed by atoms with Crippen LogP contribution in [0.15, 0.2) is 36.4 Å². The second kappa shape index (κ2) is 8.45. The number of benzene rings is 2. The van der Waals surface area contributed by atoms with Crippen LogP contribution in [0.4, 0.5) is 11.4 Å². The molecule has 0 spiro atoms. The standard InChI is InChI=1S/C18H21ClN2O3/c1-12-4-6-17(24-3)15(10-12)21-18(22)8-9-20-14-11-13(19)5-7-16(14)23-2/h4-7,10-11,20H,8-9H2,1-3H3,(H,21,22). The van der Waals surface area contributed by atoms with Gasteiger partial charge in [0.05, 0.1) is 25.6 Å². The minimum Gasteiger partial charge on any atom is -0.495 e. The van der Waals surface area contributed by atoms with Crippen LogP contribution < -0.4 is 20.1 Å². The number of hydrogen-bond acceptors (Lipinski definition) is 4. The van der Waals surface area contributed by atoms with E-state index in [0.717, 1.165) is 11.3 Å². The molecular formula is C18H21ClN2O3. The number of carbonyl (C=O) groups excluding carboxylic acids is 1. The monoisotopic (exact) mass is 348 g/mol. The molecule has 0 aromatic heterocycles. The zero-order chi connectivity index (χ0) is 17.5. The molecule has 2 N–H and O–H groups in total. The van der Waals surface area contributed by atoms with Crippen molar-refractivity contribution in [1.29, 1.82) is 0 Å². The number of ether oxygens (including phenoxy) is 2. The third-order valence-corrected chi connectivity index (χ3v) is 3.69. The molecule has 0 aliphatic carbocycles. The Morgan fingerprint density at radius 3 is 2.42 bits per heavy atom. The minimum absolute atomic E-state index is 0.104. The van der Waals surface area contributed by atoms with Gasteiger partial charge in [-0.25, -0.2) is 0 Å². The summed E-state index contributed by atoms with van der Waals surface area (Å²) in [6.07, 6.45) is 0.298. The predicted molar refractivity (Wildman–Crippen MR) is 97.5 cm³/mol. The predicted octanol–water partition coefficient (Wildman–Crippen LogP) is 4.11. The Bertz CT molecular complexity index is 719. The Morgan fingerprint density at radius 2 is 1.71 bits per heavy atom. The van der Waals surface area contributed by atoms with Gasteiger partial charge in [0, 0.05) is 18.0 Å². The van der Waals surface area contributed by atoms with Crippen molar-refractivity contribution in [2.75, 3.05) is 31.4 Å². The van der Waals surface area contributed by atoms with Crippen LogP contribution in [-0.4, -0.2) is 26.7 Å². The van der Waals surface area contributed by atoms with E-state index in [1.54, 1.807) is 32.4 Å². The molecule has 6 heteroatoms. The summed E-state index contributed by atoms with van der Waals surface area (Å²) >= 11 is 5.98. The molecule has 0 saturated heterocycles. The third kappa shape index (κ3) is 4.80. The Hall–Kier alpha value is -2.40. The molecule has 1 amide bonds. The molecule has 128 valence electrons. The van der Waals surface area contributed by atoms with Gasteiger partial charge in [-0.05, 0) is 42.8 Å². The van der Waals surface area contributed by atoms with Crippen molar-refractivity contribution in [3.63, 3.8) is 0 Å². The first-order valence-corrected chi connectivity index (χ1v) is 7.93. The van der Waals surface area contributed by atoms with Crippen molar-refractivity contribution in [2.24, 2.45) is 0 Å². The van der Waals surface area contributed by atoms with E-state index in [-0.39, 0.29) is 5.91 Å². The maximum absolute atomic E-state index is 12.1. The van der Waals surface area contributed by atoms with Crippen molar-refractivity contribution in [3.8, 4) is 11.5 Å². The highest BCUT2D eigenvalue weighted by Gasteiger charge is 2.09. The number of hydrogen-bond donors (Lipinski definition) is 2. The van der Waals surface area contributed by atoms with Gasteiger partial charge in [0.1, 0.15) is 11.5 Å². The zero-order valence-electron chi connectivity index (χ0n) is 14.0. The second-order valence-corrected chi connectivity index (χ2v) is 5.71. The molecule has 0 heterocycles. The van der Waals surface area contributed by atoms with Crippen LogP contribution in [0.3, 0.4) is 0 Å². The summed E-state index contributed by atoms with van der Waals surface area (Å²) in [5, 5.41) is 6.63. The van der Waals surface area contributed by atoms with Gasteiger partial charge in [0.25, 0.3) is 0 Å². The Balaban J connectivity index is 1.92. The first kappa shape index (κ1) is 17.9. The van der Waals surface area contributed by atoms with Crippen molar-refractivity contribution >= 4 is 28.9 Å². The highest BCUT2D eigenvalue weighted by atomic mass is 35.5. The van der Waals surface area contributed by atoms with Gasteiger partial charge in [-0.2, -0.15) is 0 Å². The number of halogens is 1. The summed E-state index contributed by atoms with van der Waals surface area (Å²) < 4.78 is 10.5. The first-order chi connectivity index (χ1) is 11.5. The van der Waals surface area contributed by atoms with E-state index in [0.29, 0.717) is 35.2 Å². The lowest BCUT2D eigenvalue weighted by atomic mass is 10.2. The Kier molecular flexibility index (Phi) is 6.32. The molecule has 0 aliphatic rings. The summed E-state index contributed by atoms with van der Waals surface area (Å²) in [7, 11) is 3.17. The van der Waals surface area contributed by atoms with Gasteiger partial charge >= 0.3 is 0 Å². The molecule has 0 saturated carbocycles. The van der Waals surface area contributed by atoms with Gasteiger partial charge in [-0.1, -0.05) is 17.7 Å². The van der Waals surface area contributed by atoms with Gasteiger partial charge in [-0.3, -0.25) is 4.79 Å². The zero-order valence-corrected chi connectivity index (χ0v) is 14.7. The highest BCUT2D eigenvalue weighted by Crippen LogP contribution is 2.28. The van der Waals surface area contributed by atoms with E-state index in [9.17, 15) is 4.79 Å². The lowest BCUT2D eigenvalue weighted by Gasteiger charge is -2.13. The average Bonchev–Trinajstić information content (AvgIpc) is 2.55. The molecular weight excluding hydrogens is 328 g/mol. The van der Waals surface area contributed by atoms with Crippen LogP contribution in [0.2, 0.25) is 5.02 Å². The molecule has 0 unspecified atom stereocenters. The molecule has 5 nitrogen and oxygen atoms in total. The highest BCUT2D eigenvalue weighted by molar-refractivity contribution is 6.30. The fourth-order valence-corrected chi connectivity index (χ4v) is 2.43. The first-order valence-electron chi connectivity index (χ1n) is 7.55. The summed E-state index contributed by atoms with van der Waals surface area (Å²) in [4.78, 5) is 12.1. The van der Waals surface area contributed by atoms with Crippen molar-refractivity contribution < 1.29 is 14.3 Å². The molecule has 0 atom stereocenters. The lowest BCUT2D eigenvalue weighted by molar-refractivity contribution is -0.116. The smallest absolute Gasteiger partial charge is 0.226 e. The number of methoxy groups -OCH3 is 2. The maximum Gasteiger partial charge on any atom is 0.226 e. The van der Waals surface area contributed by atoms with E-state index in [2.05, 4.69) is 10.6 Å². The molecule has 0 radical (unpaired) electrons. The number of rotatable bonds is 7. The molecule has 0 fully saturated rings. The van der Waals surface area contributed by atoms with Crippen LogP contribution in [0.5, 0.6) is 11.5 Å². The van der Waals surface area contributed by atoms with E-state index in [1.165, 1.54) is 0 Å². The van der Waals surface area contributed by atoms with Crippen LogP contribution in [0.1, 0.15) is 12.0 Å². The lowest BCUT2D eigenvalue weighted by Crippen LogP contribution is -2.17. The summed E-state index contributed by atoms with van der Waals surface area (Å²) in [6.45, 7) is 2.42. The van der Waals surface area contributed by atoms with Crippen LogP contribution in [0.25, 0.3) is 0 Å². The Labute approximate surface area is 146 Å². The van der Waals surface area contributed by atoms with Gasteiger partial charge in [0.2, 0.25) is 5.91 Å². The molecule has 2 rings (SSSR count). The van der Waals surface area contributed by atoms with Gasteiger partial charge in [0.15, 0.2) is 0 Å². The maximum atomic E-state index is 12.1. The van der Waals surface area contributed by atoms with Crippen molar-refractivity contribution in [2.45, 2.75) is 13.3 Å². The van der Waals surface area contributed by atoms with Crippen LogP contribution in [-0.2, 0) is 4.79 Å². The second-order valence-electron chi connectivity index (χ2n) is 5.27. The molecule has 0 aliphatic heterocycles. The largest absolute Gasteiger partial charge is 0.495 e. The molecule has 2 aromatic carbocycles. The van der Waals surface area contributed by atoms with Crippen molar-refractivity contribution in [3.05, 3.63) is 47.0 Å². The number of aryl methyl sites for hydroxylation is 1. The number of carbonyl (C=O) groups is 1. The quantitative estimate of drug-likeness (QED) is 0.790. The SMILES string of the molecule is COc1ccc(Cl)cc1NCCC(=O)Nc1cc(C)ccc1OC. The minimum atomic E-state index is -0.104. The summed E-state index contributed by atoms with van der Waals surface area (Å²) in [5.41, 5.74) is 2.47. The normalized spacial score (nSPS) is 10.2. The number of nitrogens with one attached hydrogen (secondary N) is 2. The van der Waals surface area contributed by atoms with E-state index < -0.39 is 0 Å². The van der Waals surface area contributed by atoms with E-state index in [1.807, 2.05) is 25.1 Å². The van der Waals surface area contributed by atoms with E-state index >= 15 is 0 Å². The number of amides is 1. The molecule has 24 heavy (non-hydrogen) atoms. The van der Waals surface area contributed by atoms with Gasteiger partial charge in [-0.15, -0.1) is 0 Å². The van der Waals surface area contributed by atoms with Crippen LogP contribution >= 0.6 is 11.6 Å². The van der Waals surface area contributed by atoms with Gasteiger partial charge < -0.3 is 20.1 Å².